The Balaban J connectivity index is 0.000000137. The van der Waals surface area contributed by atoms with Gasteiger partial charge in [-0.1, -0.05) is 344 Å². The van der Waals surface area contributed by atoms with Gasteiger partial charge in [-0.05, 0) is 239 Å². The Morgan fingerprint density at radius 3 is 0.992 bits per heavy atom. The van der Waals surface area contributed by atoms with Gasteiger partial charge in [0.25, 0.3) is 0 Å². The molecule has 0 aliphatic heterocycles. The van der Waals surface area contributed by atoms with Crippen LogP contribution < -0.4 is 4.68 Å². The van der Waals surface area contributed by atoms with Gasteiger partial charge in [-0.3, -0.25) is 4.57 Å². The minimum absolute atomic E-state index is 0.917. The summed E-state index contributed by atoms with van der Waals surface area (Å²) in [7, 11) is 0. The predicted octanol–water partition coefficient (Wildman–Crippen LogP) is 31.2. The normalized spacial score (nSPS) is 11.8. The molecule has 0 spiro atoms. The fraction of sp³-hybridized carbons (Fsp3) is 0. The van der Waals surface area contributed by atoms with Crippen molar-refractivity contribution in [2.45, 2.75) is 0 Å². The lowest BCUT2D eigenvalue weighted by molar-refractivity contribution is -0.672. The number of fused-ring (bicyclic) bond motifs is 20. The van der Waals surface area contributed by atoms with E-state index in [1.165, 1.54) is 119 Å². The van der Waals surface area contributed by atoms with Crippen molar-refractivity contribution in [3.05, 3.63) is 455 Å². The fourth-order valence-corrected chi connectivity index (χ4v) is 20.2. The maximum atomic E-state index is 5.71. The molecule has 0 atom stereocenters. The summed E-state index contributed by atoms with van der Waals surface area (Å²) in [6.07, 6.45) is 2.22. The van der Waals surface area contributed by atoms with Crippen LogP contribution in [0.3, 0.4) is 0 Å². The molecule has 0 saturated carbocycles. The SMILES string of the molecule is c1ccc(-[n+]2cc3ccccc3n2-c2ccc(-c3cc4c(-c5cc6ccccc6c6ccccc56)cc(-c5cc6ccccc6c6ccccc56)nc4c4ccccc34)cc2)cc1.c1ccc(-c2nc3cc(-c4cc5c(-c6cc7ccccc7c7ccccc67)cc(-c6cc7ccccc7c7ccccc67)nc5c5ccccc45)ccc3n2-c2ccccc2)cc1. The summed E-state index contributed by atoms with van der Waals surface area (Å²) in [6.45, 7) is 0. The number of imidazole rings is 1. The molecule has 0 N–H and O–H groups in total. The number of aromatic nitrogens is 6. The van der Waals surface area contributed by atoms with Gasteiger partial charge < -0.3 is 0 Å². The van der Waals surface area contributed by atoms with E-state index in [0.29, 0.717) is 0 Å². The molecule has 26 rings (SSSR count). The largest absolute Gasteiger partial charge is 0.292 e. The quantitative estimate of drug-likeness (QED) is 0.101. The van der Waals surface area contributed by atoms with E-state index < -0.39 is 0 Å². The van der Waals surface area contributed by atoms with Crippen LogP contribution in [0.4, 0.5) is 0 Å². The number of nitrogens with zero attached hydrogens (tertiary/aromatic N) is 6. The Morgan fingerprint density at radius 2 is 0.532 bits per heavy atom. The minimum atomic E-state index is 0.917. The molecule has 126 heavy (non-hydrogen) atoms. The summed E-state index contributed by atoms with van der Waals surface area (Å²) in [5, 5.41) is 27.6. The van der Waals surface area contributed by atoms with Gasteiger partial charge in [-0.2, -0.15) is 0 Å². The molecular formula is C120H75N6+. The molecule has 6 heteroatoms. The Hall–Kier alpha value is -16.8. The van der Waals surface area contributed by atoms with E-state index in [-0.39, 0.29) is 0 Å². The van der Waals surface area contributed by atoms with Crippen LogP contribution in [0.15, 0.2) is 455 Å². The molecule has 0 amide bonds. The van der Waals surface area contributed by atoms with Crippen molar-refractivity contribution in [3.8, 4) is 95.5 Å². The van der Waals surface area contributed by atoms with E-state index >= 15 is 0 Å². The first-order valence-electron chi connectivity index (χ1n) is 43.2. The second-order valence-electron chi connectivity index (χ2n) is 33.0. The third kappa shape index (κ3) is 11.9. The first-order chi connectivity index (χ1) is 62.5. The zero-order valence-electron chi connectivity index (χ0n) is 68.5. The zero-order chi connectivity index (χ0) is 82.9. The molecule has 0 fully saturated rings. The number of hydrogen-bond acceptors (Lipinski definition) is 3. The second kappa shape index (κ2) is 29.5. The Morgan fingerprint density at radius 1 is 0.190 bits per heavy atom. The van der Waals surface area contributed by atoms with Crippen LogP contribution in [0.5, 0.6) is 0 Å². The maximum absolute atomic E-state index is 5.71. The lowest BCUT2D eigenvalue weighted by atomic mass is 9.87. The van der Waals surface area contributed by atoms with Gasteiger partial charge in [-0.15, -0.1) is 4.68 Å². The van der Waals surface area contributed by atoms with Crippen molar-refractivity contribution in [1.82, 2.24) is 24.2 Å². The molecule has 0 saturated heterocycles. The van der Waals surface area contributed by atoms with E-state index in [9.17, 15) is 0 Å². The second-order valence-corrected chi connectivity index (χ2v) is 33.0. The molecule has 0 aliphatic rings. The summed E-state index contributed by atoms with van der Waals surface area (Å²) in [6, 6.07) is 163. The molecule has 4 aromatic heterocycles. The average Bonchev–Trinajstić information content (AvgIpc) is 0.930. The van der Waals surface area contributed by atoms with Crippen molar-refractivity contribution < 1.29 is 4.68 Å². The molecule has 0 radical (unpaired) electrons. The van der Waals surface area contributed by atoms with Gasteiger partial charge in [0.15, 0.2) is 0 Å². The van der Waals surface area contributed by atoms with Crippen molar-refractivity contribution >= 4 is 151 Å². The number of para-hydroxylation sites is 3. The van der Waals surface area contributed by atoms with Crippen LogP contribution in [-0.2, 0) is 0 Å². The first-order valence-corrected chi connectivity index (χ1v) is 43.2. The summed E-state index contributed by atoms with van der Waals surface area (Å²) in [5.74, 6) is 0.917. The zero-order valence-corrected chi connectivity index (χ0v) is 68.5. The van der Waals surface area contributed by atoms with Gasteiger partial charge in [0.2, 0.25) is 11.9 Å². The molecule has 0 aliphatic carbocycles. The smallest absolute Gasteiger partial charge is 0.236 e. The van der Waals surface area contributed by atoms with Crippen molar-refractivity contribution in [2.75, 3.05) is 0 Å². The fourth-order valence-electron chi connectivity index (χ4n) is 20.2. The Kier molecular flexibility index (Phi) is 16.9. The van der Waals surface area contributed by atoms with E-state index in [1.54, 1.807) is 0 Å². The Bertz CT molecular complexity index is 8960. The van der Waals surface area contributed by atoms with Gasteiger partial charge in [0.05, 0.1) is 38.8 Å². The summed E-state index contributed by atoms with van der Waals surface area (Å²) < 4.78 is 6.82. The molecule has 584 valence electrons. The first kappa shape index (κ1) is 72.1. The molecule has 6 nitrogen and oxygen atoms in total. The number of rotatable bonds is 10. The van der Waals surface area contributed by atoms with Crippen LogP contribution in [0.2, 0.25) is 0 Å². The van der Waals surface area contributed by atoms with Crippen molar-refractivity contribution in [2.24, 2.45) is 0 Å². The summed E-state index contributed by atoms with van der Waals surface area (Å²) in [5.41, 5.74) is 22.9. The van der Waals surface area contributed by atoms with E-state index in [0.717, 1.165) is 128 Å². The maximum Gasteiger partial charge on any atom is 0.236 e. The van der Waals surface area contributed by atoms with Gasteiger partial charge in [0.1, 0.15) is 17.0 Å². The number of benzene rings is 22. The van der Waals surface area contributed by atoms with E-state index in [1.807, 2.05) is 0 Å². The van der Waals surface area contributed by atoms with E-state index in [4.69, 9.17) is 15.0 Å². The third-order valence-corrected chi connectivity index (χ3v) is 25.9. The summed E-state index contributed by atoms with van der Waals surface area (Å²) >= 11 is 0. The Labute approximate surface area is 726 Å². The highest BCUT2D eigenvalue weighted by Gasteiger charge is 2.26. The molecular weight excluding hydrogens is 1530 g/mol. The highest BCUT2D eigenvalue weighted by Crippen LogP contribution is 2.49. The van der Waals surface area contributed by atoms with Gasteiger partial charge in [-0.25, -0.2) is 15.0 Å². The highest BCUT2D eigenvalue weighted by molar-refractivity contribution is 6.25. The summed E-state index contributed by atoms with van der Waals surface area (Å²) in [4.78, 5) is 16.8. The lowest BCUT2D eigenvalue weighted by Crippen LogP contribution is -2.39. The van der Waals surface area contributed by atoms with Gasteiger partial charge >= 0.3 is 0 Å². The van der Waals surface area contributed by atoms with Crippen LogP contribution in [0.1, 0.15) is 0 Å². The topological polar surface area (TPSA) is 52.4 Å². The van der Waals surface area contributed by atoms with Crippen LogP contribution in [-0.4, -0.2) is 24.2 Å². The molecule has 0 bridgehead atoms. The number of hydrogen-bond donors (Lipinski definition) is 0. The standard InChI is InChI=1S/C60H37N3.C60H38N3/c1-3-17-38(18-4-1)60-62-57-35-41(31-32-58(57)63(60)42-21-5-2-6-22-42)51-36-55-53(52-33-39-19-7-9-23-43(39)45-25-11-13-27-47(45)52)37-56(61-59(55)50-30-16-15-29-49(50)51)54-34-40-20-8-10-24-44(40)46-26-12-14-28-48(46)54;1-2-19-43(20-3-1)62-38-42-18-6-15-29-59(42)63(62)44-32-30-39(31-33-44)53-36-57-55(54-34-40-16-4-7-21-45(40)47-23-9-11-25-49(47)54)37-58(61-60(57)52-28-14-13-27-51(52)53)56-35-41-17-5-8-22-46(41)48-24-10-12-26-50(48)56/h1-37H;1-38H/q;+1. The molecule has 22 aromatic carbocycles. The van der Waals surface area contributed by atoms with E-state index in [2.05, 4.69) is 469 Å². The molecule has 0 unspecified atom stereocenters. The molecule has 4 heterocycles. The lowest BCUT2D eigenvalue weighted by Gasteiger charge is -2.18. The average molecular weight is 1600 g/mol. The van der Waals surface area contributed by atoms with Crippen molar-refractivity contribution in [3.63, 3.8) is 0 Å². The van der Waals surface area contributed by atoms with Crippen LogP contribution >= 0.6 is 0 Å². The van der Waals surface area contributed by atoms with Crippen LogP contribution in [0, 0.1) is 0 Å². The monoisotopic (exact) mass is 1600 g/mol. The van der Waals surface area contributed by atoms with Crippen LogP contribution in [0.25, 0.3) is 247 Å². The van der Waals surface area contributed by atoms with Gasteiger partial charge in [0, 0.05) is 56.1 Å². The van der Waals surface area contributed by atoms with Crippen molar-refractivity contribution in [1.29, 1.82) is 0 Å². The highest BCUT2D eigenvalue weighted by atomic mass is 15.4. The predicted molar refractivity (Wildman–Crippen MR) is 530 cm³/mol. The minimum Gasteiger partial charge on any atom is -0.292 e. The third-order valence-electron chi connectivity index (χ3n) is 25.9. The number of pyridine rings is 2. The molecule has 26 aromatic rings.